The Morgan fingerprint density at radius 2 is 2.33 bits per heavy atom. The zero-order chi connectivity index (χ0) is 11.4. The maximum Gasteiger partial charge on any atom is 0.231 e. The molecule has 0 aromatic heterocycles. The van der Waals surface area contributed by atoms with Crippen LogP contribution in [0.3, 0.4) is 0 Å². The normalized spacial score (nSPS) is 12.5. The van der Waals surface area contributed by atoms with Gasteiger partial charge >= 0.3 is 0 Å². The van der Waals surface area contributed by atoms with Crippen LogP contribution in [-0.2, 0) is 4.79 Å². The van der Waals surface area contributed by atoms with Crippen LogP contribution in [0.2, 0.25) is 0 Å². The number of halogens is 2. The average molecular weight is 275 g/mol. The molecule has 1 unspecified atom stereocenters. The summed E-state index contributed by atoms with van der Waals surface area (Å²) in [6.45, 7) is 1.81. The third-order valence-corrected chi connectivity index (χ3v) is 2.50. The van der Waals surface area contributed by atoms with Crippen molar-refractivity contribution < 1.29 is 9.18 Å². The lowest BCUT2D eigenvalue weighted by Crippen LogP contribution is -2.30. The summed E-state index contributed by atoms with van der Waals surface area (Å²) >= 11 is 3.26. The van der Waals surface area contributed by atoms with Crippen LogP contribution in [-0.4, -0.2) is 12.5 Å². The fourth-order valence-corrected chi connectivity index (χ4v) is 1.59. The molecule has 15 heavy (non-hydrogen) atoms. The van der Waals surface area contributed by atoms with Crippen molar-refractivity contribution in [1.82, 2.24) is 5.32 Å². The van der Waals surface area contributed by atoms with Crippen molar-refractivity contribution in [2.75, 3.05) is 6.54 Å². The van der Waals surface area contributed by atoms with Crippen LogP contribution in [0.1, 0.15) is 18.5 Å². The fourth-order valence-electron chi connectivity index (χ4n) is 1.21. The van der Waals surface area contributed by atoms with Crippen LogP contribution in [0, 0.1) is 5.82 Å². The molecule has 3 N–H and O–H groups in total. The Morgan fingerprint density at radius 3 is 2.93 bits per heavy atom. The van der Waals surface area contributed by atoms with E-state index in [1.807, 2.05) is 0 Å². The molecule has 0 aliphatic heterocycles. The van der Waals surface area contributed by atoms with Crippen LogP contribution < -0.4 is 11.1 Å². The highest BCUT2D eigenvalue weighted by atomic mass is 79.9. The van der Waals surface area contributed by atoms with Crippen molar-refractivity contribution in [3.8, 4) is 0 Å². The fraction of sp³-hybridized carbons (Fsp3) is 0.300. The second-order valence-corrected chi connectivity index (χ2v) is 4.15. The molecule has 0 aliphatic carbocycles. The largest absolute Gasteiger partial charge is 0.369 e. The lowest BCUT2D eigenvalue weighted by atomic mass is 10.1. The molecule has 0 fully saturated rings. The summed E-state index contributed by atoms with van der Waals surface area (Å²) in [5.74, 6) is -0.764. The molecule has 82 valence electrons. The van der Waals surface area contributed by atoms with Gasteiger partial charge in [-0.15, -0.1) is 0 Å². The van der Waals surface area contributed by atoms with E-state index >= 15 is 0 Å². The number of hydrogen-bond acceptors (Lipinski definition) is 2. The molecule has 0 saturated carbocycles. The lowest BCUT2D eigenvalue weighted by Gasteiger charge is -2.14. The highest BCUT2D eigenvalue weighted by Crippen LogP contribution is 2.21. The van der Waals surface area contributed by atoms with E-state index in [1.54, 1.807) is 19.1 Å². The number of amides is 1. The van der Waals surface area contributed by atoms with Crippen molar-refractivity contribution in [3.05, 3.63) is 34.1 Å². The SMILES string of the molecule is CC(NCC(N)=O)c1cc(Br)ccc1F. The Balaban J connectivity index is 2.76. The highest BCUT2D eigenvalue weighted by molar-refractivity contribution is 9.10. The summed E-state index contributed by atoms with van der Waals surface area (Å²) < 4.78 is 14.2. The van der Waals surface area contributed by atoms with E-state index in [2.05, 4.69) is 21.2 Å². The van der Waals surface area contributed by atoms with Gasteiger partial charge in [0.15, 0.2) is 0 Å². The number of carbonyl (C=O) groups is 1. The molecule has 1 amide bonds. The Morgan fingerprint density at radius 1 is 1.67 bits per heavy atom. The minimum atomic E-state index is -0.461. The van der Waals surface area contributed by atoms with Crippen LogP contribution in [0.25, 0.3) is 0 Å². The van der Waals surface area contributed by atoms with E-state index in [-0.39, 0.29) is 18.4 Å². The molecule has 0 aliphatic rings. The first-order chi connectivity index (χ1) is 7.00. The van der Waals surface area contributed by atoms with Gasteiger partial charge in [0.05, 0.1) is 6.54 Å². The average Bonchev–Trinajstić information content (AvgIpc) is 2.18. The van der Waals surface area contributed by atoms with Gasteiger partial charge < -0.3 is 11.1 Å². The number of primary amides is 1. The van der Waals surface area contributed by atoms with Crippen molar-refractivity contribution in [2.45, 2.75) is 13.0 Å². The Kier molecular flexibility index (Phi) is 4.23. The monoisotopic (exact) mass is 274 g/mol. The van der Waals surface area contributed by atoms with E-state index in [9.17, 15) is 9.18 Å². The van der Waals surface area contributed by atoms with Gasteiger partial charge in [-0.1, -0.05) is 15.9 Å². The number of nitrogens with two attached hydrogens (primary N) is 1. The maximum absolute atomic E-state index is 13.4. The molecule has 5 heteroatoms. The Bertz CT molecular complexity index is 370. The minimum absolute atomic E-state index is 0.0348. The molecule has 1 atom stereocenters. The number of benzene rings is 1. The topological polar surface area (TPSA) is 55.1 Å². The molecule has 0 bridgehead atoms. The Labute approximate surface area is 96.0 Å². The molecule has 0 spiro atoms. The van der Waals surface area contributed by atoms with E-state index in [0.29, 0.717) is 5.56 Å². The number of hydrogen-bond donors (Lipinski definition) is 2. The maximum atomic E-state index is 13.4. The second kappa shape index (κ2) is 5.23. The predicted octanol–water partition coefficient (Wildman–Crippen LogP) is 1.72. The minimum Gasteiger partial charge on any atom is -0.369 e. The standard InChI is InChI=1S/C10H12BrFN2O/c1-6(14-5-10(13)15)8-4-7(11)2-3-9(8)12/h2-4,6,14H,5H2,1H3,(H2,13,15). The number of carbonyl (C=O) groups excluding carboxylic acids is 1. The summed E-state index contributed by atoms with van der Waals surface area (Å²) in [6, 6.07) is 4.42. The van der Waals surface area contributed by atoms with E-state index < -0.39 is 5.91 Å². The van der Waals surface area contributed by atoms with Crippen LogP contribution in [0.5, 0.6) is 0 Å². The van der Waals surface area contributed by atoms with E-state index in [0.717, 1.165) is 4.47 Å². The van der Waals surface area contributed by atoms with Crippen molar-refractivity contribution in [3.63, 3.8) is 0 Å². The summed E-state index contributed by atoms with van der Waals surface area (Å²) in [7, 11) is 0. The molecule has 0 heterocycles. The van der Waals surface area contributed by atoms with Gasteiger partial charge in [0.1, 0.15) is 5.82 Å². The predicted molar refractivity (Wildman–Crippen MR) is 59.7 cm³/mol. The Hall–Kier alpha value is -0.940. The molecule has 1 aromatic rings. The van der Waals surface area contributed by atoms with Gasteiger partial charge in [0.2, 0.25) is 5.91 Å². The smallest absolute Gasteiger partial charge is 0.231 e. The van der Waals surface area contributed by atoms with Gasteiger partial charge in [-0.25, -0.2) is 4.39 Å². The summed E-state index contributed by atoms with van der Waals surface area (Å²) in [6.07, 6.45) is 0. The molecule has 0 radical (unpaired) electrons. The summed E-state index contributed by atoms with van der Waals surface area (Å²) in [4.78, 5) is 10.5. The molecule has 3 nitrogen and oxygen atoms in total. The van der Waals surface area contributed by atoms with E-state index in [4.69, 9.17) is 5.73 Å². The molecule has 1 aromatic carbocycles. The highest BCUT2D eigenvalue weighted by Gasteiger charge is 2.11. The third-order valence-electron chi connectivity index (χ3n) is 2.01. The molecule has 0 saturated heterocycles. The second-order valence-electron chi connectivity index (χ2n) is 3.23. The molecular formula is C10H12BrFN2O. The van der Waals surface area contributed by atoms with Crippen molar-refractivity contribution >= 4 is 21.8 Å². The quantitative estimate of drug-likeness (QED) is 0.879. The number of rotatable bonds is 4. The zero-order valence-corrected chi connectivity index (χ0v) is 9.84. The van der Waals surface area contributed by atoms with Crippen molar-refractivity contribution in [1.29, 1.82) is 0 Å². The molecular weight excluding hydrogens is 263 g/mol. The summed E-state index contributed by atoms with van der Waals surface area (Å²) in [5, 5.41) is 2.83. The van der Waals surface area contributed by atoms with Gasteiger partial charge in [-0.3, -0.25) is 4.79 Å². The van der Waals surface area contributed by atoms with Crippen LogP contribution in [0.4, 0.5) is 4.39 Å². The molecule has 1 rings (SSSR count). The number of nitrogens with one attached hydrogen (secondary N) is 1. The zero-order valence-electron chi connectivity index (χ0n) is 8.26. The summed E-state index contributed by atoms with van der Waals surface area (Å²) in [5.41, 5.74) is 5.49. The van der Waals surface area contributed by atoms with Gasteiger partial charge in [-0.05, 0) is 25.1 Å². The van der Waals surface area contributed by atoms with Crippen molar-refractivity contribution in [2.24, 2.45) is 5.73 Å². The first-order valence-corrected chi connectivity index (χ1v) is 5.26. The third kappa shape index (κ3) is 3.60. The van der Waals surface area contributed by atoms with Crippen LogP contribution >= 0.6 is 15.9 Å². The first-order valence-electron chi connectivity index (χ1n) is 4.47. The lowest BCUT2D eigenvalue weighted by molar-refractivity contribution is -0.117. The van der Waals surface area contributed by atoms with Gasteiger partial charge in [-0.2, -0.15) is 0 Å². The van der Waals surface area contributed by atoms with Crippen LogP contribution in [0.15, 0.2) is 22.7 Å². The first kappa shape index (κ1) is 12.1. The van der Waals surface area contributed by atoms with E-state index in [1.165, 1.54) is 6.07 Å². The van der Waals surface area contributed by atoms with Gasteiger partial charge in [0.25, 0.3) is 0 Å². The van der Waals surface area contributed by atoms with Gasteiger partial charge in [0, 0.05) is 16.1 Å².